The number of hydrogen-bond acceptors (Lipinski definition) is 3. The zero-order valence-electron chi connectivity index (χ0n) is 11.7. The lowest BCUT2D eigenvalue weighted by molar-refractivity contribution is -0.149. The van der Waals surface area contributed by atoms with Crippen molar-refractivity contribution in [1.82, 2.24) is 15.5 Å². The average Bonchev–Trinajstić information content (AvgIpc) is 2.82. The van der Waals surface area contributed by atoms with Crippen LogP contribution >= 0.6 is 12.4 Å². The molecule has 6 heteroatoms. The maximum absolute atomic E-state index is 12.2. The van der Waals surface area contributed by atoms with Crippen LogP contribution in [0.3, 0.4) is 0 Å². The predicted molar refractivity (Wildman–Crippen MR) is 76.3 cm³/mol. The summed E-state index contributed by atoms with van der Waals surface area (Å²) in [6, 6.07) is 0.482. The van der Waals surface area contributed by atoms with Gasteiger partial charge in [-0.3, -0.25) is 9.59 Å². The Morgan fingerprint density at radius 2 is 2.16 bits per heavy atom. The van der Waals surface area contributed by atoms with Crippen LogP contribution in [0.15, 0.2) is 0 Å². The van der Waals surface area contributed by atoms with Gasteiger partial charge in [0, 0.05) is 25.6 Å². The van der Waals surface area contributed by atoms with Crippen LogP contribution in [0.25, 0.3) is 0 Å². The van der Waals surface area contributed by atoms with Gasteiger partial charge in [-0.25, -0.2) is 0 Å². The van der Waals surface area contributed by atoms with E-state index < -0.39 is 5.54 Å². The van der Waals surface area contributed by atoms with E-state index in [0.29, 0.717) is 25.6 Å². The van der Waals surface area contributed by atoms with Crippen LogP contribution in [-0.2, 0) is 9.59 Å². The Morgan fingerprint density at radius 1 is 1.42 bits per heavy atom. The van der Waals surface area contributed by atoms with Crippen molar-refractivity contribution in [3.63, 3.8) is 0 Å². The highest BCUT2D eigenvalue weighted by molar-refractivity contribution is 5.91. The maximum atomic E-state index is 12.2. The molecular formula is C13H24ClN3O2. The average molecular weight is 290 g/mol. The van der Waals surface area contributed by atoms with E-state index in [1.165, 1.54) is 6.42 Å². The van der Waals surface area contributed by atoms with E-state index >= 15 is 0 Å². The molecule has 2 N–H and O–H groups in total. The molecule has 2 saturated heterocycles. The minimum atomic E-state index is -0.710. The number of piperazine rings is 1. The Hall–Kier alpha value is -0.810. The summed E-state index contributed by atoms with van der Waals surface area (Å²) >= 11 is 0. The van der Waals surface area contributed by atoms with E-state index in [1.54, 1.807) is 4.90 Å². The summed E-state index contributed by atoms with van der Waals surface area (Å²) in [4.78, 5) is 25.7. The van der Waals surface area contributed by atoms with Crippen LogP contribution in [0.5, 0.6) is 0 Å². The Kier molecular flexibility index (Phi) is 5.62. The molecule has 110 valence electrons. The molecule has 0 spiro atoms. The Morgan fingerprint density at radius 3 is 2.79 bits per heavy atom. The molecule has 19 heavy (non-hydrogen) atoms. The molecular weight excluding hydrogens is 266 g/mol. The first-order chi connectivity index (χ1) is 8.51. The summed E-state index contributed by atoms with van der Waals surface area (Å²) in [6.07, 6.45) is 3.79. The van der Waals surface area contributed by atoms with E-state index in [0.717, 1.165) is 19.4 Å². The summed E-state index contributed by atoms with van der Waals surface area (Å²) < 4.78 is 0. The molecule has 2 amide bonds. The maximum Gasteiger partial charge on any atom is 0.245 e. The smallest absolute Gasteiger partial charge is 0.245 e. The molecule has 2 aliphatic rings. The van der Waals surface area contributed by atoms with Gasteiger partial charge in [-0.15, -0.1) is 12.4 Å². The molecule has 0 aromatic rings. The van der Waals surface area contributed by atoms with Gasteiger partial charge in [0.1, 0.15) is 5.54 Å². The van der Waals surface area contributed by atoms with Crippen LogP contribution < -0.4 is 10.6 Å². The highest BCUT2D eigenvalue weighted by Gasteiger charge is 2.40. The van der Waals surface area contributed by atoms with E-state index in [9.17, 15) is 9.59 Å². The van der Waals surface area contributed by atoms with Crippen LogP contribution in [0, 0.1) is 0 Å². The molecule has 1 unspecified atom stereocenters. The van der Waals surface area contributed by atoms with Crippen molar-refractivity contribution in [2.45, 2.75) is 51.1 Å². The molecule has 0 bridgehead atoms. The van der Waals surface area contributed by atoms with Crippen LogP contribution in [-0.4, -0.2) is 47.9 Å². The van der Waals surface area contributed by atoms with E-state index in [-0.39, 0.29) is 24.2 Å². The van der Waals surface area contributed by atoms with Crippen LogP contribution in [0.4, 0.5) is 0 Å². The number of carbonyl (C=O) groups excluding carboxylic acids is 2. The number of carbonyl (C=O) groups is 2. The first-order valence-electron chi connectivity index (χ1n) is 6.84. The molecule has 5 nitrogen and oxygen atoms in total. The van der Waals surface area contributed by atoms with Gasteiger partial charge in [-0.1, -0.05) is 0 Å². The van der Waals surface area contributed by atoms with Gasteiger partial charge in [0.2, 0.25) is 11.8 Å². The summed E-state index contributed by atoms with van der Waals surface area (Å²) in [5.74, 6) is 0.0460. The summed E-state index contributed by atoms with van der Waals surface area (Å²) in [5.41, 5.74) is -0.710. The molecule has 0 aromatic carbocycles. The van der Waals surface area contributed by atoms with E-state index in [1.807, 2.05) is 13.8 Å². The predicted octanol–water partition coefficient (Wildman–Crippen LogP) is 0.677. The summed E-state index contributed by atoms with van der Waals surface area (Å²) in [5, 5.41) is 6.20. The fourth-order valence-electron chi connectivity index (χ4n) is 2.77. The number of nitrogens with zero attached hydrogens (tertiary/aromatic N) is 1. The zero-order valence-corrected chi connectivity index (χ0v) is 12.5. The number of nitrogens with one attached hydrogen (secondary N) is 2. The molecule has 2 fully saturated rings. The molecule has 0 aliphatic carbocycles. The third-order valence-electron chi connectivity index (χ3n) is 4.02. The number of amides is 2. The third-order valence-corrected chi connectivity index (χ3v) is 4.02. The SMILES string of the molecule is CC1(C)C(=O)NCCN1C(=O)CCC1CCCN1.Cl. The standard InChI is InChI=1S/C13H23N3O2.ClH/c1-13(2)12(18)15-8-9-16(13)11(17)6-5-10-4-3-7-14-10;/h10,14H,3-9H2,1-2H3,(H,15,18);1H. The fraction of sp³-hybridized carbons (Fsp3) is 0.846. The molecule has 2 heterocycles. The first-order valence-corrected chi connectivity index (χ1v) is 6.84. The Bertz CT molecular complexity index is 341. The van der Waals surface area contributed by atoms with Gasteiger partial charge in [0.25, 0.3) is 0 Å². The summed E-state index contributed by atoms with van der Waals surface area (Å²) in [7, 11) is 0. The van der Waals surface area contributed by atoms with Crippen molar-refractivity contribution in [3.8, 4) is 0 Å². The van der Waals surface area contributed by atoms with Crippen molar-refractivity contribution in [1.29, 1.82) is 0 Å². The van der Waals surface area contributed by atoms with Gasteiger partial charge in [0.15, 0.2) is 0 Å². The molecule has 1 atom stereocenters. The topological polar surface area (TPSA) is 61.4 Å². The van der Waals surface area contributed by atoms with E-state index in [4.69, 9.17) is 0 Å². The molecule has 0 saturated carbocycles. The second-order valence-electron chi connectivity index (χ2n) is 5.69. The zero-order chi connectivity index (χ0) is 13.2. The highest BCUT2D eigenvalue weighted by atomic mass is 35.5. The third kappa shape index (κ3) is 3.60. The Labute approximate surface area is 120 Å². The normalized spacial score (nSPS) is 25.7. The second-order valence-corrected chi connectivity index (χ2v) is 5.69. The quantitative estimate of drug-likeness (QED) is 0.803. The summed E-state index contributed by atoms with van der Waals surface area (Å²) in [6.45, 7) is 5.88. The largest absolute Gasteiger partial charge is 0.352 e. The van der Waals surface area contributed by atoms with Crippen molar-refractivity contribution in [2.24, 2.45) is 0 Å². The first kappa shape index (κ1) is 16.2. The second kappa shape index (κ2) is 6.57. The van der Waals surface area contributed by atoms with Crippen molar-refractivity contribution >= 4 is 24.2 Å². The minimum Gasteiger partial charge on any atom is -0.352 e. The van der Waals surface area contributed by atoms with Gasteiger partial charge in [-0.05, 0) is 39.7 Å². The lowest BCUT2D eigenvalue weighted by Crippen LogP contribution is -2.63. The highest BCUT2D eigenvalue weighted by Crippen LogP contribution is 2.20. The van der Waals surface area contributed by atoms with E-state index in [2.05, 4.69) is 10.6 Å². The number of halogens is 1. The minimum absolute atomic E-state index is 0. The monoisotopic (exact) mass is 289 g/mol. The van der Waals surface area contributed by atoms with Gasteiger partial charge in [0.05, 0.1) is 0 Å². The molecule has 0 aromatic heterocycles. The molecule has 0 radical (unpaired) electrons. The number of rotatable bonds is 3. The van der Waals surface area contributed by atoms with Gasteiger partial charge < -0.3 is 15.5 Å². The van der Waals surface area contributed by atoms with Crippen molar-refractivity contribution < 1.29 is 9.59 Å². The van der Waals surface area contributed by atoms with Gasteiger partial charge in [-0.2, -0.15) is 0 Å². The fourth-order valence-corrected chi connectivity index (χ4v) is 2.77. The van der Waals surface area contributed by atoms with Crippen LogP contribution in [0.2, 0.25) is 0 Å². The lowest BCUT2D eigenvalue weighted by atomic mass is 9.97. The molecule has 2 aliphatic heterocycles. The van der Waals surface area contributed by atoms with Crippen molar-refractivity contribution in [3.05, 3.63) is 0 Å². The Balaban J connectivity index is 0.00000180. The van der Waals surface area contributed by atoms with Crippen molar-refractivity contribution in [2.75, 3.05) is 19.6 Å². The number of hydrogen-bond donors (Lipinski definition) is 2. The lowest BCUT2D eigenvalue weighted by Gasteiger charge is -2.41. The van der Waals surface area contributed by atoms with Gasteiger partial charge >= 0.3 is 0 Å². The van der Waals surface area contributed by atoms with Crippen LogP contribution in [0.1, 0.15) is 39.5 Å². The molecule has 2 rings (SSSR count).